The highest BCUT2D eigenvalue weighted by atomic mass is 16.3. The standard InChI is InChI=1S/C13H17N3O2/c14-6-2-7-16(10-12-3-1-8-18-12)13(17)9-15-11-4-5-11/h1,3,8,11,15H,2,4-5,7,9-10H2. The van der Waals surface area contributed by atoms with Gasteiger partial charge in [0, 0.05) is 12.6 Å². The third kappa shape index (κ3) is 3.90. The van der Waals surface area contributed by atoms with Crippen LogP contribution in [0.4, 0.5) is 0 Å². The highest BCUT2D eigenvalue weighted by Crippen LogP contribution is 2.18. The van der Waals surface area contributed by atoms with E-state index in [1.807, 2.05) is 6.07 Å². The molecule has 5 heteroatoms. The van der Waals surface area contributed by atoms with Crippen molar-refractivity contribution in [3.8, 4) is 6.07 Å². The molecule has 0 bridgehead atoms. The van der Waals surface area contributed by atoms with Gasteiger partial charge in [-0.3, -0.25) is 4.79 Å². The summed E-state index contributed by atoms with van der Waals surface area (Å²) in [5.41, 5.74) is 0. The van der Waals surface area contributed by atoms with Crippen LogP contribution >= 0.6 is 0 Å². The number of nitrogens with one attached hydrogen (secondary N) is 1. The van der Waals surface area contributed by atoms with Gasteiger partial charge < -0.3 is 14.6 Å². The Morgan fingerprint density at radius 1 is 1.61 bits per heavy atom. The van der Waals surface area contributed by atoms with Crippen molar-refractivity contribution < 1.29 is 9.21 Å². The van der Waals surface area contributed by atoms with Crippen molar-refractivity contribution in [1.82, 2.24) is 10.2 Å². The Hall–Kier alpha value is -1.80. The minimum Gasteiger partial charge on any atom is -0.467 e. The smallest absolute Gasteiger partial charge is 0.236 e. The fourth-order valence-corrected chi connectivity index (χ4v) is 1.70. The highest BCUT2D eigenvalue weighted by molar-refractivity contribution is 5.78. The van der Waals surface area contributed by atoms with Gasteiger partial charge in [-0.1, -0.05) is 0 Å². The molecule has 1 fully saturated rings. The average Bonchev–Trinajstić information content (AvgIpc) is 3.07. The summed E-state index contributed by atoms with van der Waals surface area (Å²) in [7, 11) is 0. The first-order chi connectivity index (χ1) is 8.79. The van der Waals surface area contributed by atoms with Crippen molar-refractivity contribution in [3.05, 3.63) is 24.2 Å². The van der Waals surface area contributed by atoms with Crippen LogP contribution in [0.1, 0.15) is 25.0 Å². The molecular formula is C13H17N3O2. The average molecular weight is 247 g/mol. The number of hydrogen-bond acceptors (Lipinski definition) is 4. The van der Waals surface area contributed by atoms with E-state index in [1.54, 1.807) is 17.2 Å². The molecule has 1 aromatic rings. The van der Waals surface area contributed by atoms with Crippen LogP contribution in [0.3, 0.4) is 0 Å². The third-order valence-corrected chi connectivity index (χ3v) is 2.89. The van der Waals surface area contributed by atoms with Crippen LogP contribution in [-0.2, 0) is 11.3 Å². The van der Waals surface area contributed by atoms with Gasteiger partial charge in [0.05, 0.1) is 31.8 Å². The molecule has 0 radical (unpaired) electrons. The van der Waals surface area contributed by atoms with Crippen LogP contribution in [0, 0.1) is 11.3 Å². The second kappa shape index (κ2) is 6.22. The van der Waals surface area contributed by atoms with Gasteiger partial charge >= 0.3 is 0 Å². The van der Waals surface area contributed by atoms with Crippen molar-refractivity contribution in [3.63, 3.8) is 0 Å². The van der Waals surface area contributed by atoms with E-state index in [0.717, 1.165) is 18.6 Å². The molecule has 0 spiro atoms. The lowest BCUT2D eigenvalue weighted by Crippen LogP contribution is -2.38. The maximum atomic E-state index is 12.0. The number of nitriles is 1. The lowest BCUT2D eigenvalue weighted by molar-refractivity contribution is -0.131. The molecule has 18 heavy (non-hydrogen) atoms. The van der Waals surface area contributed by atoms with Crippen molar-refractivity contribution in [2.24, 2.45) is 0 Å². The lowest BCUT2D eigenvalue weighted by Gasteiger charge is -2.20. The summed E-state index contributed by atoms with van der Waals surface area (Å²) in [5.74, 6) is 0.765. The summed E-state index contributed by atoms with van der Waals surface area (Å²) < 4.78 is 5.23. The summed E-state index contributed by atoms with van der Waals surface area (Å²) in [6.07, 6.45) is 4.24. The van der Waals surface area contributed by atoms with E-state index in [1.165, 1.54) is 0 Å². The molecule has 1 aromatic heterocycles. The Labute approximate surface area is 106 Å². The molecule has 1 saturated carbocycles. The molecule has 1 heterocycles. The van der Waals surface area contributed by atoms with E-state index in [0.29, 0.717) is 32.1 Å². The van der Waals surface area contributed by atoms with Gasteiger partial charge in [0.2, 0.25) is 5.91 Å². The minimum absolute atomic E-state index is 0.0218. The summed E-state index contributed by atoms with van der Waals surface area (Å²) in [4.78, 5) is 13.7. The fourth-order valence-electron chi connectivity index (χ4n) is 1.70. The zero-order valence-electron chi connectivity index (χ0n) is 10.3. The summed E-state index contributed by atoms with van der Waals surface area (Å²) >= 11 is 0. The predicted molar refractivity (Wildman–Crippen MR) is 65.4 cm³/mol. The number of carbonyl (C=O) groups excluding carboxylic acids is 1. The van der Waals surface area contributed by atoms with E-state index < -0.39 is 0 Å². The van der Waals surface area contributed by atoms with Gasteiger partial charge in [-0.2, -0.15) is 5.26 Å². The van der Waals surface area contributed by atoms with Crippen molar-refractivity contribution >= 4 is 5.91 Å². The first-order valence-electron chi connectivity index (χ1n) is 6.20. The Kier molecular flexibility index (Phi) is 4.37. The molecule has 1 aliphatic carbocycles. The fraction of sp³-hybridized carbons (Fsp3) is 0.538. The second-order valence-electron chi connectivity index (χ2n) is 4.46. The Bertz CT molecular complexity index is 418. The summed E-state index contributed by atoms with van der Waals surface area (Å²) in [5, 5.41) is 11.8. The molecule has 96 valence electrons. The van der Waals surface area contributed by atoms with Gasteiger partial charge in [-0.05, 0) is 25.0 Å². The number of nitrogens with zero attached hydrogens (tertiary/aromatic N) is 2. The van der Waals surface area contributed by atoms with Gasteiger partial charge in [-0.15, -0.1) is 0 Å². The molecule has 1 N–H and O–H groups in total. The van der Waals surface area contributed by atoms with Gasteiger partial charge in [0.25, 0.3) is 0 Å². The molecule has 0 saturated heterocycles. The molecule has 2 rings (SSSR count). The summed E-state index contributed by atoms with van der Waals surface area (Å²) in [6.45, 7) is 1.22. The Morgan fingerprint density at radius 3 is 3.06 bits per heavy atom. The van der Waals surface area contributed by atoms with Crippen molar-refractivity contribution in [2.45, 2.75) is 31.8 Å². The van der Waals surface area contributed by atoms with Crippen LogP contribution < -0.4 is 5.32 Å². The van der Waals surface area contributed by atoms with Crippen molar-refractivity contribution in [2.75, 3.05) is 13.1 Å². The molecule has 0 aliphatic heterocycles. The van der Waals surface area contributed by atoms with Crippen molar-refractivity contribution in [1.29, 1.82) is 5.26 Å². The van der Waals surface area contributed by atoms with Crippen LogP contribution in [0.2, 0.25) is 0 Å². The normalized spacial score (nSPS) is 14.2. The second-order valence-corrected chi connectivity index (χ2v) is 4.46. The molecule has 0 atom stereocenters. The van der Waals surface area contributed by atoms with E-state index in [-0.39, 0.29) is 5.91 Å². The predicted octanol–water partition coefficient (Wildman–Crippen LogP) is 1.27. The third-order valence-electron chi connectivity index (χ3n) is 2.89. The number of furan rings is 1. The zero-order chi connectivity index (χ0) is 12.8. The summed E-state index contributed by atoms with van der Waals surface area (Å²) in [6, 6.07) is 6.21. The van der Waals surface area contributed by atoms with E-state index in [4.69, 9.17) is 9.68 Å². The molecule has 1 aliphatic rings. The number of rotatable bonds is 7. The maximum absolute atomic E-state index is 12.0. The minimum atomic E-state index is 0.0218. The van der Waals surface area contributed by atoms with Crippen LogP contribution in [0.25, 0.3) is 0 Å². The van der Waals surface area contributed by atoms with Crippen LogP contribution in [-0.4, -0.2) is 29.9 Å². The maximum Gasteiger partial charge on any atom is 0.236 e. The zero-order valence-corrected chi connectivity index (χ0v) is 10.3. The largest absolute Gasteiger partial charge is 0.467 e. The molecular weight excluding hydrogens is 230 g/mol. The Morgan fingerprint density at radius 2 is 2.44 bits per heavy atom. The first kappa shape index (κ1) is 12.7. The molecule has 5 nitrogen and oxygen atoms in total. The van der Waals surface area contributed by atoms with Gasteiger partial charge in [0.1, 0.15) is 5.76 Å². The lowest BCUT2D eigenvalue weighted by atomic mass is 10.3. The molecule has 1 amide bonds. The van der Waals surface area contributed by atoms with E-state index in [2.05, 4.69) is 11.4 Å². The van der Waals surface area contributed by atoms with Crippen LogP contribution in [0.15, 0.2) is 22.8 Å². The number of carbonyl (C=O) groups is 1. The molecule has 0 unspecified atom stereocenters. The van der Waals surface area contributed by atoms with E-state index in [9.17, 15) is 4.79 Å². The van der Waals surface area contributed by atoms with Gasteiger partial charge in [-0.25, -0.2) is 0 Å². The SMILES string of the molecule is N#CCCN(Cc1ccco1)C(=O)CNC1CC1. The molecule has 0 aromatic carbocycles. The van der Waals surface area contributed by atoms with Crippen LogP contribution in [0.5, 0.6) is 0 Å². The highest BCUT2D eigenvalue weighted by Gasteiger charge is 2.23. The number of hydrogen-bond donors (Lipinski definition) is 1. The monoisotopic (exact) mass is 247 g/mol. The topological polar surface area (TPSA) is 69.3 Å². The van der Waals surface area contributed by atoms with Gasteiger partial charge in [0.15, 0.2) is 0 Å². The van der Waals surface area contributed by atoms with E-state index >= 15 is 0 Å². The first-order valence-corrected chi connectivity index (χ1v) is 6.20. The quantitative estimate of drug-likeness (QED) is 0.788. The number of amides is 1. The Balaban J connectivity index is 1.85.